The number of aromatic nitrogens is 2. The zero-order valence-corrected chi connectivity index (χ0v) is 18.2. The number of amides is 1. The summed E-state index contributed by atoms with van der Waals surface area (Å²) in [6, 6.07) is 15.4. The molecule has 32 heavy (non-hydrogen) atoms. The number of carbonyl (C=O) groups is 1. The van der Waals surface area contributed by atoms with Gasteiger partial charge in [0, 0.05) is 69.9 Å². The quantitative estimate of drug-likeness (QED) is 0.474. The van der Waals surface area contributed by atoms with E-state index in [1.807, 2.05) is 53.4 Å². The van der Waals surface area contributed by atoms with Crippen LogP contribution in [0.25, 0.3) is 11.3 Å². The van der Waals surface area contributed by atoms with Crippen LogP contribution in [0.3, 0.4) is 0 Å². The third-order valence-corrected chi connectivity index (χ3v) is 5.64. The highest BCUT2D eigenvalue weighted by Crippen LogP contribution is 2.27. The molecule has 1 amide bonds. The zero-order valence-electron chi connectivity index (χ0n) is 18.2. The fourth-order valence-electron chi connectivity index (χ4n) is 3.78. The van der Waals surface area contributed by atoms with Crippen molar-refractivity contribution >= 4 is 17.8 Å². The third-order valence-electron chi connectivity index (χ3n) is 5.64. The summed E-state index contributed by atoms with van der Waals surface area (Å²) in [5.41, 5.74) is 3.68. The minimum absolute atomic E-state index is 0.148. The van der Waals surface area contributed by atoms with E-state index >= 15 is 0 Å². The molecule has 1 aromatic heterocycles. The molecule has 1 aliphatic heterocycles. The van der Waals surface area contributed by atoms with E-state index < -0.39 is 0 Å². The van der Waals surface area contributed by atoms with Gasteiger partial charge in [-0.05, 0) is 54.1 Å². The van der Waals surface area contributed by atoms with Crippen LogP contribution in [0.5, 0.6) is 11.5 Å². The molecule has 0 radical (unpaired) electrons. The molecule has 1 fully saturated rings. The van der Waals surface area contributed by atoms with Gasteiger partial charge in [-0.2, -0.15) is 5.10 Å². The van der Waals surface area contributed by atoms with Gasteiger partial charge in [-0.25, -0.2) is 0 Å². The van der Waals surface area contributed by atoms with Gasteiger partial charge >= 0.3 is 0 Å². The van der Waals surface area contributed by atoms with Crippen LogP contribution in [0.4, 0.5) is 5.69 Å². The van der Waals surface area contributed by atoms with Crippen molar-refractivity contribution in [1.29, 1.82) is 5.41 Å². The maximum atomic E-state index is 11.4. The lowest BCUT2D eigenvalue weighted by molar-refractivity contribution is -0.130. The van der Waals surface area contributed by atoms with Gasteiger partial charge in [0.15, 0.2) is 0 Å². The van der Waals surface area contributed by atoms with Gasteiger partial charge in [-0.15, -0.1) is 0 Å². The second-order valence-electron chi connectivity index (χ2n) is 7.76. The Morgan fingerprint density at radius 2 is 1.88 bits per heavy atom. The molecule has 0 saturated carbocycles. The van der Waals surface area contributed by atoms with Crippen molar-refractivity contribution in [3.63, 3.8) is 0 Å². The molecule has 1 saturated heterocycles. The average molecular weight is 433 g/mol. The van der Waals surface area contributed by atoms with Crippen molar-refractivity contribution < 1.29 is 9.53 Å². The van der Waals surface area contributed by atoms with Gasteiger partial charge in [-0.1, -0.05) is 0 Å². The number of piperazine rings is 1. The van der Waals surface area contributed by atoms with Crippen molar-refractivity contribution in [2.75, 3.05) is 44.6 Å². The smallest absolute Gasteiger partial charge is 0.219 e. The lowest BCUT2D eigenvalue weighted by Crippen LogP contribution is -2.49. The number of hydrogen-bond donors (Lipinski definition) is 3. The first-order chi connectivity index (χ1) is 15.6. The Hall–Kier alpha value is -3.65. The number of nitrogens with one attached hydrogen (secondary N) is 3. The number of hydrogen-bond acceptors (Lipinski definition) is 6. The van der Waals surface area contributed by atoms with Crippen LogP contribution in [0.1, 0.15) is 12.5 Å². The molecule has 0 bridgehead atoms. The van der Waals surface area contributed by atoms with E-state index in [-0.39, 0.29) is 5.91 Å². The Morgan fingerprint density at radius 1 is 1.12 bits per heavy atom. The molecule has 0 aliphatic carbocycles. The van der Waals surface area contributed by atoms with Crippen molar-refractivity contribution in [2.24, 2.45) is 0 Å². The zero-order chi connectivity index (χ0) is 22.3. The van der Waals surface area contributed by atoms with Crippen LogP contribution in [-0.4, -0.2) is 71.4 Å². The minimum atomic E-state index is 0.148. The highest BCUT2D eigenvalue weighted by molar-refractivity contribution is 5.86. The van der Waals surface area contributed by atoms with Crippen molar-refractivity contribution in [3.05, 3.63) is 60.3 Å². The molecule has 3 aromatic rings. The molecule has 8 nitrogen and oxygen atoms in total. The Morgan fingerprint density at radius 3 is 2.53 bits per heavy atom. The average Bonchev–Trinajstić information content (AvgIpc) is 3.36. The molecule has 8 heteroatoms. The highest BCUT2D eigenvalue weighted by Gasteiger charge is 2.18. The molecular weight excluding hydrogens is 404 g/mol. The Bertz CT molecular complexity index is 1040. The Kier molecular flexibility index (Phi) is 6.81. The summed E-state index contributed by atoms with van der Waals surface area (Å²) in [6.07, 6.45) is 3.06. The van der Waals surface area contributed by atoms with Crippen molar-refractivity contribution in [2.45, 2.75) is 6.92 Å². The summed E-state index contributed by atoms with van der Waals surface area (Å²) in [6.45, 7) is 6.65. The van der Waals surface area contributed by atoms with Crippen LogP contribution in [0, 0.1) is 5.41 Å². The summed E-state index contributed by atoms with van der Waals surface area (Å²) in [5, 5.41) is 18.1. The van der Waals surface area contributed by atoms with Crippen LogP contribution >= 0.6 is 0 Å². The van der Waals surface area contributed by atoms with Gasteiger partial charge < -0.3 is 20.4 Å². The summed E-state index contributed by atoms with van der Waals surface area (Å²) in [4.78, 5) is 15.7. The van der Waals surface area contributed by atoms with E-state index in [1.54, 1.807) is 13.1 Å². The number of H-pyrrole nitrogens is 1. The summed E-state index contributed by atoms with van der Waals surface area (Å²) >= 11 is 0. The molecule has 2 aromatic carbocycles. The first-order valence-corrected chi connectivity index (χ1v) is 10.8. The predicted molar refractivity (Wildman–Crippen MR) is 126 cm³/mol. The molecular formula is C24H28N6O2. The van der Waals surface area contributed by atoms with Crippen molar-refractivity contribution in [3.8, 4) is 22.8 Å². The molecule has 166 valence electrons. The van der Waals surface area contributed by atoms with Crippen LogP contribution < -0.4 is 10.1 Å². The largest absolute Gasteiger partial charge is 0.457 e. The van der Waals surface area contributed by atoms with E-state index in [2.05, 4.69) is 20.4 Å². The number of rotatable bonds is 8. The summed E-state index contributed by atoms with van der Waals surface area (Å²) in [7, 11) is 0. The summed E-state index contributed by atoms with van der Waals surface area (Å²) < 4.78 is 5.98. The Balaban J connectivity index is 1.31. The molecule has 0 unspecified atom stereocenters. The normalized spacial score (nSPS) is 14.2. The number of benzene rings is 2. The fraction of sp³-hybridized carbons (Fsp3) is 0.292. The van der Waals surface area contributed by atoms with Crippen molar-refractivity contribution in [1.82, 2.24) is 20.0 Å². The van der Waals surface area contributed by atoms with E-state index in [0.717, 1.165) is 67.5 Å². The SMILES string of the molecule is CC(=O)N1CCN(CCNc2ccc(Oc3ccc(-c4ccn[nH]4)cc3)cc2C=N)CC1. The maximum Gasteiger partial charge on any atom is 0.219 e. The van der Waals surface area contributed by atoms with Gasteiger partial charge in [0.1, 0.15) is 11.5 Å². The minimum Gasteiger partial charge on any atom is -0.457 e. The van der Waals surface area contributed by atoms with Crippen LogP contribution in [0.2, 0.25) is 0 Å². The number of nitrogens with zero attached hydrogens (tertiary/aromatic N) is 3. The van der Waals surface area contributed by atoms with Gasteiger partial charge in [-0.3, -0.25) is 14.8 Å². The second-order valence-corrected chi connectivity index (χ2v) is 7.76. The van der Waals surface area contributed by atoms with E-state index in [1.165, 1.54) is 6.21 Å². The van der Waals surface area contributed by atoms with E-state index in [0.29, 0.717) is 5.75 Å². The number of aromatic amines is 1. The molecule has 3 N–H and O–H groups in total. The fourth-order valence-corrected chi connectivity index (χ4v) is 3.78. The first kappa shape index (κ1) is 21.6. The van der Waals surface area contributed by atoms with Gasteiger partial charge in [0.2, 0.25) is 5.91 Å². The predicted octanol–water partition coefficient (Wildman–Crippen LogP) is 3.44. The van der Waals surface area contributed by atoms with Crippen LogP contribution in [0.15, 0.2) is 54.7 Å². The topological polar surface area (TPSA) is 97.3 Å². The third kappa shape index (κ3) is 5.33. The van der Waals surface area contributed by atoms with E-state index in [9.17, 15) is 4.79 Å². The molecule has 0 atom stereocenters. The van der Waals surface area contributed by atoms with Crippen LogP contribution in [-0.2, 0) is 4.79 Å². The van der Waals surface area contributed by atoms with Gasteiger partial charge in [0.25, 0.3) is 0 Å². The molecule has 2 heterocycles. The number of anilines is 1. The first-order valence-electron chi connectivity index (χ1n) is 10.8. The number of carbonyl (C=O) groups excluding carboxylic acids is 1. The highest BCUT2D eigenvalue weighted by atomic mass is 16.5. The lowest BCUT2D eigenvalue weighted by atomic mass is 10.1. The van der Waals surface area contributed by atoms with Gasteiger partial charge in [0.05, 0.1) is 5.69 Å². The Labute approximate surface area is 187 Å². The standard InChI is InChI=1S/C24H28N6O2/c1-18(31)30-14-12-29(13-15-30)11-10-26-23-7-6-22(16-20(23)17-25)32-21-4-2-19(3-5-21)24-8-9-27-28-24/h2-9,16-17,25-26H,10-15H2,1H3,(H,27,28). The lowest BCUT2D eigenvalue weighted by Gasteiger charge is -2.34. The molecule has 0 spiro atoms. The maximum absolute atomic E-state index is 11.4. The summed E-state index contributed by atoms with van der Waals surface area (Å²) in [5.74, 6) is 1.56. The molecule has 4 rings (SSSR count). The molecule has 1 aliphatic rings. The second kappa shape index (κ2) is 10.1. The number of ether oxygens (including phenoxy) is 1. The van der Waals surface area contributed by atoms with E-state index in [4.69, 9.17) is 10.1 Å². The monoisotopic (exact) mass is 432 g/mol.